The van der Waals surface area contributed by atoms with Gasteiger partial charge in [-0.2, -0.15) is 13.5 Å². The first-order valence-corrected chi connectivity index (χ1v) is 8.50. The lowest BCUT2D eigenvalue weighted by atomic mass is 10.1. The first kappa shape index (κ1) is 16.7. The standard InChI is InChI=1S/C16H14N4O4S/c17-9-1-3-10(4-2-9)19-20-13-7-5-11-14(25(22,23)24)8-6-12(18)15(11)16(13)21/h1-8,21H,17-18H2,(H,22,23,24). The molecule has 0 radical (unpaired) electrons. The zero-order valence-electron chi connectivity index (χ0n) is 12.8. The quantitative estimate of drug-likeness (QED) is 0.320. The van der Waals surface area contributed by atoms with Gasteiger partial charge in [-0.25, -0.2) is 0 Å². The Morgan fingerprint density at radius 2 is 1.56 bits per heavy atom. The predicted octanol–water partition coefficient (Wildman–Crippen LogP) is 3.37. The van der Waals surface area contributed by atoms with Crippen LogP contribution in [0.4, 0.5) is 22.7 Å². The maximum Gasteiger partial charge on any atom is 0.295 e. The average molecular weight is 358 g/mol. The average Bonchev–Trinajstić information content (AvgIpc) is 2.54. The van der Waals surface area contributed by atoms with E-state index in [2.05, 4.69) is 10.2 Å². The molecule has 0 fully saturated rings. The van der Waals surface area contributed by atoms with Gasteiger partial charge in [-0.3, -0.25) is 4.55 Å². The Morgan fingerprint density at radius 3 is 2.20 bits per heavy atom. The summed E-state index contributed by atoms with van der Waals surface area (Å²) in [5, 5.41) is 18.5. The number of aromatic hydroxyl groups is 1. The van der Waals surface area contributed by atoms with Crippen molar-refractivity contribution in [3.8, 4) is 5.75 Å². The Kier molecular flexibility index (Phi) is 4.03. The first-order valence-electron chi connectivity index (χ1n) is 7.06. The molecule has 3 rings (SSSR count). The highest BCUT2D eigenvalue weighted by Gasteiger charge is 2.18. The van der Waals surface area contributed by atoms with Gasteiger partial charge in [0, 0.05) is 16.8 Å². The fourth-order valence-electron chi connectivity index (χ4n) is 2.37. The molecule has 3 aromatic carbocycles. The zero-order chi connectivity index (χ0) is 18.2. The zero-order valence-corrected chi connectivity index (χ0v) is 13.6. The third kappa shape index (κ3) is 3.23. The molecule has 6 N–H and O–H groups in total. The van der Waals surface area contributed by atoms with E-state index in [-0.39, 0.29) is 32.8 Å². The molecule has 0 saturated carbocycles. The highest BCUT2D eigenvalue weighted by Crippen LogP contribution is 2.40. The molecule has 0 aliphatic rings. The van der Waals surface area contributed by atoms with Crippen molar-refractivity contribution in [1.29, 1.82) is 0 Å². The number of nitrogens with zero attached hydrogens (tertiary/aromatic N) is 2. The molecule has 0 saturated heterocycles. The molecule has 0 heterocycles. The maximum absolute atomic E-state index is 11.5. The van der Waals surface area contributed by atoms with Gasteiger partial charge in [0.05, 0.1) is 11.1 Å². The lowest BCUT2D eigenvalue weighted by molar-refractivity contribution is 0.482. The summed E-state index contributed by atoms with van der Waals surface area (Å²) in [5.41, 5.74) is 12.8. The summed E-state index contributed by atoms with van der Waals surface area (Å²) in [6, 6.07) is 11.9. The summed E-state index contributed by atoms with van der Waals surface area (Å²) >= 11 is 0. The minimum Gasteiger partial charge on any atom is -0.505 e. The Morgan fingerprint density at radius 1 is 0.880 bits per heavy atom. The number of fused-ring (bicyclic) bond motifs is 1. The number of phenols is 1. The van der Waals surface area contributed by atoms with Crippen LogP contribution in [0.3, 0.4) is 0 Å². The van der Waals surface area contributed by atoms with Gasteiger partial charge in [0.2, 0.25) is 0 Å². The molecule has 0 unspecified atom stereocenters. The fraction of sp³-hybridized carbons (Fsp3) is 0. The number of phenolic OH excluding ortho intramolecular Hbond substituents is 1. The van der Waals surface area contributed by atoms with E-state index >= 15 is 0 Å². The summed E-state index contributed by atoms with van der Waals surface area (Å²) in [6.07, 6.45) is 0. The van der Waals surface area contributed by atoms with E-state index in [1.165, 1.54) is 24.3 Å². The van der Waals surface area contributed by atoms with E-state index in [4.69, 9.17) is 11.5 Å². The second-order valence-corrected chi connectivity index (χ2v) is 6.67. The van der Waals surface area contributed by atoms with E-state index in [0.29, 0.717) is 11.4 Å². The van der Waals surface area contributed by atoms with Gasteiger partial charge in [0.25, 0.3) is 10.1 Å². The van der Waals surface area contributed by atoms with Gasteiger partial charge in [-0.15, -0.1) is 5.11 Å². The number of rotatable bonds is 3. The number of benzene rings is 3. The van der Waals surface area contributed by atoms with Crippen LogP contribution in [0.2, 0.25) is 0 Å². The smallest absolute Gasteiger partial charge is 0.295 e. The van der Waals surface area contributed by atoms with Crippen LogP contribution in [0.5, 0.6) is 5.75 Å². The van der Waals surface area contributed by atoms with E-state index in [9.17, 15) is 18.1 Å². The van der Waals surface area contributed by atoms with Crippen molar-refractivity contribution in [2.75, 3.05) is 11.5 Å². The number of nitrogen functional groups attached to an aromatic ring is 2. The molecule has 0 atom stereocenters. The van der Waals surface area contributed by atoms with Crippen LogP contribution in [0.25, 0.3) is 10.8 Å². The number of azo groups is 1. The van der Waals surface area contributed by atoms with Gasteiger partial charge < -0.3 is 16.6 Å². The Bertz CT molecular complexity index is 1090. The van der Waals surface area contributed by atoms with Gasteiger partial charge >= 0.3 is 0 Å². The van der Waals surface area contributed by atoms with Crippen LogP contribution >= 0.6 is 0 Å². The highest BCUT2D eigenvalue weighted by molar-refractivity contribution is 7.86. The Balaban J connectivity index is 2.14. The third-order valence-corrected chi connectivity index (χ3v) is 4.48. The third-order valence-electron chi connectivity index (χ3n) is 3.57. The topological polar surface area (TPSA) is 151 Å². The van der Waals surface area contributed by atoms with Crippen LogP contribution < -0.4 is 11.5 Å². The Hall–Kier alpha value is -3.17. The maximum atomic E-state index is 11.5. The van der Waals surface area contributed by atoms with Crippen molar-refractivity contribution >= 4 is 43.6 Å². The normalized spacial score (nSPS) is 12.0. The van der Waals surface area contributed by atoms with Gasteiger partial charge in [-0.05, 0) is 42.5 Å². The van der Waals surface area contributed by atoms with E-state index < -0.39 is 10.1 Å². The second-order valence-electron chi connectivity index (χ2n) is 5.28. The van der Waals surface area contributed by atoms with Crippen molar-refractivity contribution in [3.63, 3.8) is 0 Å². The number of anilines is 2. The van der Waals surface area contributed by atoms with Gasteiger partial charge in [-0.1, -0.05) is 6.07 Å². The Labute approximate surface area is 143 Å². The summed E-state index contributed by atoms with van der Waals surface area (Å²) < 4.78 is 32.3. The van der Waals surface area contributed by atoms with Crippen LogP contribution in [0, 0.1) is 0 Å². The molecular formula is C16H14N4O4S. The molecule has 3 aromatic rings. The summed E-state index contributed by atoms with van der Waals surface area (Å²) in [7, 11) is -4.47. The molecule has 25 heavy (non-hydrogen) atoms. The molecule has 0 aliphatic carbocycles. The van der Waals surface area contributed by atoms with Crippen LogP contribution in [-0.4, -0.2) is 18.1 Å². The van der Waals surface area contributed by atoms with Gasteiger partial charge in [0.1, 0.15) is 10.6 Å². The second kappa shape index (κ2) is 6.04. The van der Waals surface area contributed by atoms with E-state index in [1.54, 1.807) is 24.3 Å². The minimum absolute atomic E-state index is 0.0730. The lowest BCUT2D eigenvalue weighted by Gasteiger charge is -2.09. The largest absolute Gasteiger partial charge is 0.505 e. The highest BCUT2D eigenvalue weighted by atomic mass is 32.2. The van der Waals surface area contributed by atoms with Crippen molar-refractivity contribution in [2.45, 2.75) is 4.90 Å². The van der Waals surface area contributed by atoms with Gasteiger partial charge in [0.15, 0.2) is 5.75 Å². The lowest BCUT2D eigenvalue weighted by Crippen LogP contribution is -2.00. The molecule has 8 nitrogen and oxygen atoms in total. The fourth-order valence-corrected chi connectivity index (χ4v) is 3.06. The van der Waals surface area contributed by atoms with Crippen molar-refractivity contribution in [1.82, 2.24) is 0 Å². The molecule has 0 aromatic heterocycles. The monoisotopic (exact) mass is 358 g/mol. The minimum atomic E-state index is -4.47. The van der Waals surface area contributed by atoms with Crippen LogP contribution in [-0.2, 0) is 10.1 Å². The van der Waals surface area contributed by atoms with Crippen LogP contribution in [0.15, 0.2) is 63.7 Å². The van der Waals surface area contributed by atoms with Crippen molar-refractivity contribution in [3.05, 3.63) is 48.5 Å². The SMILES string of the molecule is Nc1ccc(N=Nc2ccc3c(S(=O)(=O)O)ccc(N)c3c2O)cc1. The molecule has 9 heteroatoms. The molecule has 0 aliphatic heterocycles. The number of hydrogen-bond acceptors (Lipinski definition) is 7. The molecule has 128 valence electrons. The van der Waals surface area contributed by atoms with Crippen molar-refractivity contribution in [2.24, 2.45) is 10.2 Å². The summed E-state index contributed by atoms with van der Waals surface area (Å²) in [5.74, 6) is -0.334. The predicted molar refractivity (Wildman–Crippen MR) is 94.9 cm³/mol. The number of hydrogen-bond donors (Lipinski definition) is 4. The van der Waals surface area contributed by atoms with E-state index in [1.807, 2.05) is 0 Å². The van der Waals surface area contributed by atoms with E-state index in [0.717, 1.165) is 0 Å². The van der Waals surface area contributed by atoms with Crippen LogP contribution in [0.1, 0.15) is 0 Å². The summed E-state index contributed by atoms with van der Waals surface area (Å²) in [6.45, 7) is 0. The molecule has 0 spiro atoms. The molecule has 0 bridgehead atoms. The molecular weight excluding hydrogens is 344 g/mol. The first-order chi connectivity index (χ1) is 11.8. The molecule has 0 amide bonds. The van der Waals surface area contributed by atoms with Crippen molar-refractivity contribution < 1.29 is 18.1 Å². The summed E-state index contributed by atoms with van der Waals surface area (Å²) in [4.78, 5) is -0.353. The number of nitrogens with two attached hydrogens (primary N) is 2.